The van der Waals surface area contributed by atoms with Crippen molar-refractivity contribution in [2.45, 2.75) is 51.3 Å². The van der Waals surface area contributed by atoms with Crippen molar-refractivity contribution in [2.24, 2.45) is 11.0 Å². The van der Waals surface area contributed by atoms with E-state index in [4.69, 9.17) is 0 Å². The zero-order valence-electron chi connectivity index (χ0n) is 11.0. The van der Waals surface area contributed by atoms with Crippen molar-refractivity contribution in [3.05, 3.63) is 0 Å². The van der Waals surface area contributed by atoms with Crippen molar-refractivity contribution in [3.8, 4) is 0 Å². The molecule has 0 aromatic rings. The monoisotopic (exact) mass is 269 g/mol. The van der Waals surface area contributed by atoms with Gasteiger partial charge in [0, 0.05) is 13.8 Å². The minimum atomic E-state index is -0.277. The summed E-state index contributed by atoms with van der Waals surface area (Å²) in [5, 5.41) is 9.08. The summed E-state index contributed by atoms with van der Waals surface area (Å²) in [5.41, 5.74) is 0. The summed E-state index contributed by atoms with van der Waals surface area (Å²) >= 11 is 1.53. The van der Waals surface area contributed by atoms with Crippen LogP contribution in [0.3, 0.4) is 0 Å². The molecule has 100 valence electrons. The molecule has 1 N–H and O–H groups in total. The fourth-order valence-electron chi connectivity index (χ4n) is 2.74. The van der Waals surface area contributed by atoms with E-state index in [2.05, 4.69) is 17.3 Å². The zero-order chi connectivity index (χ0) is 13.3. The molecular weight excluding hydrogens is 250 g/mol. The van der Waals surface area contributed by atoms with Gasteiger partial charge in [-0.3, -0.25) is 9.59 Å². The number of rotatable bonds is 0. The van der Waals surface area contributed by atoms with Crippen LogP contribution >= 0.6 is 11.8 Å². The number of hydrazone groups is 1. The Balaban J connectivity index is 2.21. The maximum atomic E-state index is 11.8. The molecule has 18 heavy (non-hydrogen) atoms. The van der Waals surface area contributed by atoms with Crippen LogP contribution in [0.4, 0.5) is 0 Å². The van der Waals surface area contributed by atoms with Gasteiger partial charge in [-0.25, -0.2) is 5.01 Å². The van der Waals surface area contributed by atoms with Gasteiger partial charge in [-0.15, -0.1) is 5.10 Å². The van der Waals surface area contributed by atoms with Crippen LogP contribution in [0.25, 0.3) is 0 Å². The highest BCUT2D eigenvalue weighted by Crippen LogP contribution is 2.48. The number of nitrogens with zero attached hydrogens (tertiary/aromatic N) is 2. The Bertz CT molecular complexity index is 410. The minimum Gasteiger partial charge on any atom is -0.304 e. The van der Waals surface area contributed by atoms with Gasteiger partial charge in [-0.05, 0) is 25.2 Å². The highest BCUT2D eigenvalue weighted by Gasteiger charge is 2.48. The van der Waals surface area contributed by atoms with E-state index in [-0.39, 0.29) is 16.7 Å². The van der Waals surface area contributed by atoms with E-state index in [1.807, 2.05) is 0 Å². The first-order valence-corrected chi connectivity index (χ1v) is 7.10. The van der Waals surface area contributed by atoms with Gasteiger partial charge in [0.15, 0.2) is 5.17 Å². The van der Waals surface area contributed by atoms with Gasteiger partial charge in [-0.1, -0.05) is 25.1 Å². The average molecular weight is 269 g/mol. The maximum Gasteiger partial charge on any atom is 0.240 e. The minimum absolute atomic E-state index is 0.0584. The molecule has 1 saturated carbocycles. The van der Waals surface area contributed by atoms with E-state index in [0.29, 0.717) is 11.1 Å². The van der Waals surface area contributed by atoms with Crippen LogP contribution in [0.5, 0.6) is 0 Å². The van der Waals surface area contributed by atoms with Crippen LogP contribution in [-0.4, -0.2) is 26.9 Å². The Hall–Kier alpha value is -1.04. The number of hydrogen-bond acceptors (Lipinski definition) is 4. The summed E-state index contributed by atoms with van der Waals surface area (Å²) in [6, 6.07) is 0. The quantitative estimate of drug-likeness (QED) is 0.730. The van der Waals surface area contributed by atoms with Crippen molar-refractivity contribution < 1.29 is 9.59 Å². The third-order valence-corrected chi connectivity index (χ3v) is 4.68. The van der Waals surface area contributed by atoms with Crippen LogP contribution in [0.2, 0.25) is 0 Å². The Morgan fingerprint density at radius 1 is 1.50 bits per heavy atom. The van der Waals surface area contributed by atoms with Crippen molar-refractivity contribution in [3.63, 3.8) is 0 Å². The molecule has 2 amide bonds. The van der Waals surface area contributed by atoms with Crippen LogP contribution < -0.4 is 5.32 Å². The SMILES string of the molecule is CC(=O)NC1=NN(C(C)=O)[C@]2(CCC[C@@H](C)C2)S1. The normalized spacial score (nSPS) is 31.4. The second kappa shape index (κ2) is 4.91. The molecule has 0 radical (unpaired) electrons. The predicted molar refractivity (Wildman–Crippen MR) is 71.7 cm³/mol. The summed E-state index contributed by atoms with van der Waals surface area (Å²) < 4.78 is 0. The molecule has 0 unspecified atom stereocenters. The highest BCUT2D eigenvalue weighted by molar-refractivity contribution is 8.15. The third-order valence-electron chi connectivity index (χ3n) is 3.38. The van der Waals surface area contributed by atoms with Crippen molar-refractivity contribution in [1.82, 2.24) is 10.3 Å². The molecule has 0 aromatic carbocycles. The molecule has 0 aromatic heterocycles. The van der Waals surface area contributed by atoms with Gasteiger partial charge in [0.2, 0.25) is 11.8 Å². The summed E-state index contributed by atoms with van der Waals surface area (Å²) in [6.07, 6.45) is 4.17. The molecule has 2 atom stereocenters. The molecule has 6 heteroatoms. The maximum absolute atomic E-state index is 11.8. The molecule has 1 aliphatic carbocycles. The van der Waals surface area contributed by atoms with E-state index in [0.717, 1.165) is 19.3 Å². The number of thioether (sulfide) groups is 1. The fourth-order valence-corrected chi connectivity index (χ4v) is 4.29. The van der Waals surface area contributed by atoms with Crippen molar-refractivity contribution in [1.29, 1.82) is 0 Å². The standard InChI is InChI=1S/C12H19N3O2S/c1-8-5-4-6-12(7-8)15(10(3)17)14-11(18-12)13-9(2)16/h8H,4-7H2,1-3H3,(H,13,14,16)/t8-,12-/m1/s1. The lowest BCUT2D eigenvalue weighted by atomic mass is 9.86. The topological polar surface area (TPSA) is 61.8 Å². The molecule has 0 saturated heterocycles. The predicted octanol–water partition coefficient (Wildman–Crippen LogP) is 1.90. The number of nitrogens with one attached hydrogen (secondary N) is 1. The van der Waals surface area contributed by atoms with Crippen LogP contribution in [0.1, 0.15) is 46.5 Å². The van der Waals surface area contributed by atoms with E-state index in [1.54, 1.807) is 5.01 Å². The second-order valence-electron chi connectivity index (χ2n) is 5.17. The first-order chi connectivity index (χ1) is 8.43. The van der Waals surface area contributed by atoms with Gasteiger partial charge in [0.05, 0.1) is 0 Å². The lowest BCUT2D eigenvalue weighted by Gasteiger charge is -2.40. The number of amides is 2. The van der Waals surface area contributed by atoms with E-state index >= 15 is 0 Å². The summed E-state index contributed by atoms with van der Waals surface area (Å²) in [7, 11) is 0. The molecule has 1 fully saturated rings. The lowest BCUT2D eigenvalue weighted by molar-refractivity contribution is -0.133. The summed E-state index contributed by atoms with van der Waals surface area (Å²) in [4.78, 5) is 22.6. The van der Waals surface area contributed by atoms with Crippen molar-refractivity contribution >= 4 is 28.7 Å². The number of carbonyl (C=O) groups is 2. The van der Waals surface area contributed by atoms with Gasteiger partial charge < -0.3 is 5.32 Å². The average Bonchev–Trinajstić information content (AvgIpc) is 2.55. The largest absolute Gasteiger partial charge is 0.304 e. The zero-order valence-corrected chi connectivity index (χ0v) is 11.8. The van der Waals surface area contributed by atoms with Crippen LogP contribution in [-0.2, 0) is 9.59 Å². The third kappa shape index (κ3) is 2.53. The molecule has 0 bridgehead atoms. The van der Waals surface area contributed by atoms with Gasteiger partial charge >= 0.3 is 0 Å². The molecule has 1 heterocycles. The molecule has 2 rings (SSSR count). The van der Waals surface area contributed by atoms with Gasteiger partial charge in [0.1, 0.15) is 4.87 Å². The van der Waals surface area contributed by atoms with Gasteiger partial charge in [-0.2, -0.15) is 0 Å². The Morgan fingerprint density at radius 2 is 2.22 bits per heavy atom. The molecule has 2 aliphatic rings. The molecule has 1 aliphatic heterocycles. The lowest BCUT2D eigenvalue weighted by Crippen LogP contribution is -2.45. The molecular formula is C12H19N3O2S. The summed E-state index contributed by atoms with van der Waals surface area (Å²) in [5.74, 6) is 0.377. The fraction of sp³-hybridized carbons (Fsp3) is 0.750. The number of hydrogen-bond donors (Lipinski definition) is 1. The Labute approximate surface area is 111 Å². The number of carbonyl (C=O) groups excluding carboxylic acids is 2. The van der Waals surface area contributed by atoms with Crippen molar-refractivity contribution in [2.75, 3.05) is 0 Å². The molecule has 1 spiro atoms. The summed E-state index contributed by atoms with van der Waals surface area (Å²) in [6.45, 7) is 5.19. The Kier molecular flexibility index (Phi) is 3.66. The van der Waals surface area contributed by atoms with Gasteiger partial charge in [0.25, 0.3) is 0 Å². The van der Waals surface area contributed by atoms with Crippen LogP contribution in [0, 0.1) is 5.92 Å². The van der Waals surface area contributed by atoms with Crippen LogP contribution in [0.15, 0.2) is 5.10 Å². The number of amidine groups is 1. The van der Waals surface area contributed by atoms with E-state index in [9.17, 15) is 9.59 Å². The van der Waals surface area contributed by atoms with E-state index < -0.39 is 0 Å². The first-order valence-electron chi connectivity index (χ1n) is 6.29. The van der Waals surface area contributed by atoms with E-state index in [1.165, 1.54) is 32.0 Å². The molecule has 5 nitrogen and oxygen atoms in total. The first kappa shape index (κ1) is 13.4. The Morgan fingerprint density at radius 3 is 2.78 bits per heavy atom. The highest BCUT2D eigenvalue weighted by atomic mass is 32.2. The second-order valence-corrected chi connectivity index (χ2v) is 6.52. The smallest absolute Gasteiger partial charge is 0.240 e.